The molecule has 0 heterocycles. The maximum Gasteiger partial charge on any atom is 0.259 e. The van der Waals surface area contributed by atoms with E-state index in [-0.39, 0.29) is 0 Å². The molecule has 0 aromatic heterocycles. The van der Waals surface area contributed by atoms with Crippen LogP contribution in [-0.4, -0.2) is 26.0 Å². The van der Waals surface area contributed by atoms with E-state index >= 15 is 0 Å². The van der Waals surface area contributed by atoms with Gasteiger partial charge in [0.1, 0.15) is 5.41 Å². The lowest BCUT2D eigenvalue weighted by Crippen LogP contribution is -2.51. The second-order valence-electron chi connectivity index (χ2n) is 4.56. The Kier molecular flexibility index (Phi) is 9.16. The molecule has 0 saturated heterocycles. The van der Waals surface area contributed by atoms with Gasteiger partial charge in [-0.15, -0.1) is 0 Å². The molecule has 0 aromatic rings. The van der Waals surface area contributed by atoms with E-state index in [0.717, 1.165) is 25.7 Å². The van der Waals surface area contributed by atoms with Crippen LogP contribution in [0.3, 0.4) is 0 Å². The van der Waals surface area contributed by atoms with Crippen molar-refractivity contribution in [1.82, 2.24) is 11.0 Å². The average Bonchev–Trinajstić information content (AvgIpc) is 2.40. The summed E-state index contributed by atoms with van der Waals surface area (Å²) in [6, 6.07) is 0. The van der Waals surface area contributed by atoms with Crippen LogP contribution in [0.4, 0.5) is 0 Å². The topological polar surface area (TPSA) is 76.7 Å². The van der Waals surface area contributed by atoms with Crippen LogP contribution in [0.2, 0.25) is 0 Å². The highest BCUT2D eigenvalue weighted by Crippen LogP contribution is 2.32. The largest absolute Gasteiger partial charge is 0.277 e. The molecule has 0 aliphatic heterocycles. The number of amides is 2. The Bertz CT molecular complexity index is 254. The van der Waals surface area contributed by atoms with Crippen LogP contribution >= 0.6 is 0 Å². The van der Waals surface area contributed by atoms with E-state index < -0.39 is 17.2 Å². The summed E-state index contributed by atoms with van der Waals surface area (Å²) >= 11 is 0. The lowest BCUT2D eigenvalue weighted by atomic mass is 9.76. The summed E-state index contributed by atoms with van der Waals surface area (Å²) in [7, 11) is 2.72. The van der Waals surface area contributed by atoms with Gasteiger partial charge in [-0.1, -0.05) is 39.5 Å². The van der Waals surface area contributed by atoms with Crippen LogP contribution in [0.15, 0.2) is 0 Å². The lowest BCUT2D eigenvalue weighted by molar-refractivity contribution is -0.157. The van der Waals surface area contributed by atoms with Crippen molar-refractivity contribution in [3.8, 4) is 0 Å². The first-order valence-corrected chi connectivity index (χ1v) is 6.75. The zero-order valence-electron chi connectivity index (χ0n) is 12.4. The number of carbonyl (C=O) groups is 2. The van der Waals surface area contributed by atoms with Gasteiger partial charge in [-0.25, -0.2) is 11.0 Å². The van der Waals surface area contributed by atoms with Crippen LogP contribution in [0.5, 0.6) is 0 Å². The molecule has 2 N–H and O–H groups in total. The van der Waals surface area contributed by atoms with E-state index in [1.165, 1.54) is 14.2 Å². The van der Waals surface area contributed by atoms with Gasteiger partial charge in [0.15, 0.2) is 0 Å². The molecule has 0 saturated carbocycles. The maximum atomic E-state index is 12.2. The summed E-state index contributed by atoms with van der Waals surface area (Å²) in [5.41, 5.74) is 3.45. The van der Waals surface area contributed by atoms with Crippen LogP contribution in [0.25, 0.3) is 0 Å². The van der Waals surface area contributed by atoms with Gasteiger partial charge in [0.25, 0.3) is 11.8 Å². The third-order valence-electron chi connectivity index (χ3n) is 3.17. The number of carbonyl (C=O) groups excluding carboxylic acids is 2. The molecule has 112 valence electrons. The molecule has 0 spiro atoms. The van der Waals surface area contributed by atoms with Crippen LogP contribution in [-0.2, 0) is 19.3 Å². The monoisotopic (exact) mass is 274 g/mol. The zero-order chi connectivity index (χ0) is 14.7. The van der Waals surface area contributed by atoms with E-state index in [4.69, 9.17) is 0 Å². The molecule has 2 amide bonds. The van der Waals surface area contributed by atoms with Crippen LogP contribution < -0.4 is 11.0 Å². The average molecular weight is 274 g/mol. The molecule has 6 nitrogen and oxygen atoms in total. The van der Waals surface area contributed by atoms with Gasteiger partial charge in [-0.2, -0.15) is 0 Å². The smallest absolute Gasteiger partial charge is 0.259 e. The van der Waals surface area contributed by atoms with Crippen molar-refractivity contribution in [3.05, 3.63) is 0 Å². The first kappa shape index (κ1) is 17.9. The van der Waals surface area contributed by atoms with Crippen molar-refractivity contribution in [2.45, 2.75) is 52.4 Å². The third kappa shape index (κ3) is 5.16. The van der Waals surface area contributed by atoms with Crippen molar-refractivity contribution in [2.75, 3.05) is 14.2 Å². The Labute approximate surface area is 115 Å². The zero-order valence-corrected chi connectivity index (χ0v) is 12.4. The molecule has 0 rings (SSSR count). The highest BCUT2D eigenvalue weighted by atomic mass is 16.6. The minimum absolute atomic E-state index is 0.411. The SMILES string of the molecule is CCCCC(CCCC)(C(=O)NOC)C(=O)NOC. The van der Waals surface area contributed by atoms with Gasteiger partial charge in [-0.05, 0) is 12.8 Å². The van der Waals surface area contributed by atoms with Crippen LogP contribution in [0, 0.1) is 5.41 Å². The molecule has 0 bridgehead atoms. The summed E-state index contributed by atoms with van der Waals surface area (Å²) in [4.78, 5) is 33.8. The standard InChI is InChI=1S/C13H26N2O4/c1-5-7-9-13(10-8-6-2,11(16)14-18-3)12(17)15-19-4/h5-10H2,1-4H3,(H,14,16)(H,15,17). The second kappa shape index (κ2) is 9.75. The molecular weight excluding hydrogens is 248 g/mol. The predicted molar refractivity (Wildman–Crippen MR) is 71.8 cm³/mol. The van der Waals surface area contributed by atoms with Crippen molar-refractivity contribution in [1.29, 1.82) is 0 Å². The Morgan fingerprint density at radius 1 is 0.895 bits per heavy atom. The van der Waals surface area contributed by atoms with E-state index in [0.29, 0.717) is 12.8 Å². The normalized spacial score (nSPS) is 11.2. The number of hydrogen-bond acceptors (Lipinski definition) is 4. The van der Waals surface area contributed by atoms with E-state index in [2.05, 4.69) is 20.6 Å². The lowest BCUT2D eigenvalue weighted by Gasteiger charge is -2.30. The fraction of sp³-hybridized carbons (Fsp3) is 0.846. The molecule has 0 fully saturated rings. The van der Waals surface area contributed by atoms with Gasteiger partial charge < -0.3 is 0 Å². The molecule has 0 unspecified atom stereocenters. The second-order valence-corrected chi connectivity index (χ2v) is 4.56. The van der Waals surface area contributed by atoms with E-state index in [9.17, 15) is 9.59 Å². The molecular formula is C13H26N2O4. The Balaban J connectivity index is 5.16. The number of hydroxylamine groups is 2. The van der Waals surface area contributed by atoms with Crippen molar-refractivity contribution < 1.29 is 19.3 Å². The quantitative estimate of drug-likeness (QED) is 0.469. The van der Waals surface area contributed by atoms with Gasteiger partial charge in [0.05, 0.1) is 14.2 Å². The van der Waals surface area contributed by atoms with Gasteiger partial charge in [0, 0.05) is 0 Å². The summed E-state index contributed by atoms with van der Waals surface area (Å²) in [6.45, 7) is 4.04. The van der Waals surface area contributed by atoms with Gasteiger partial charge >= 0.3 is 0 Å². The van der Waals surface area contributed by atoms with Crippen molar-refractivity contribution in [3.63, 3.8) is 0 Å². The minimum atomic E-state index is -1.13. The molecule has 0 aliphatic carbocycles. The summed E-state index contributed by atoms with van der Waals surface area (Å²) in [5.74, 6) is -0.821. The van der Waals surface area contributed by atoms with Gasteiger partial charge in [0.2, 0.25) is 0 Å². The highest BCUT2D eigenvalue weighted by Gasteiger charge is 2.45. The Morgan fingerprint density at radius 3 is 1.53 bits per heavy atom. The first-order chi connectivity index (χ1) is 9.08. The Hall–Kier alpha value is -1.14. The minimum Gasteiger partial charge on any atom is -0.277 e. The number of hydrogen-bond donors (Lipinski definition) is 2. The number of nitrogens with one attached hydrogen (secondary N) is 2. The van der Waals surface area contributed by atoms with Crippen molar-refractivity contribution in [2.24, 2.45) is 5.41 Å². The summed E-state index contributed by atoms with van der Waals surface area (Å²) < 4.78 is 0. The predicted octanol–water partition coefficient (Wildman–Crippen LogP) is 1.71. The molecule has 0 atom stereocenters. The molecule has 6 heteroatoms. The molecule has 0 aliphatic rings. The number of rotatable bonds is 10. The maximum absolute atomic E-state index is 12.2. The fourth-order valence-electron chi connectivity index (χ4n) is 2.02. The molecule has 0 aromatic carbocycles. The summed E-state index contributed by atoms with van der Waals surface area (Å²) in [5, 5.41) is 0. The highest BCUT2D eigenvalue weighted by molar-refractivity contribution is 6.04. The number of unbranched alkanes of at least 4 members (excludes halogenated alkanes) is 2. The fourth-order valence-corrected chi connectivity index (χ4v) is 2.02. The molecule has 0 radical (unpaired) electrons. The van der Waals surface area contributed by atoms with E-state index in [1.807, 2.05) is 13.8 Å². The first-order valence-electron chi connectivity index (χ1n) is 6.75. The van der Waals surface area contributed by atoms with Gasteiger partial charge in [-0.3, -0.25) is 19.3 Å². The van der Waals surface area contributed by atoms with Crippen LogP contribution in [0.1, 0.15) is 52.4 Å². The third-order valence-corrected chi connectivity index (χ3v) is 3.17. The molecule has 19 heavy (non-hydrogen) atoms. The van der Waals surface area contributed by atoms with E-state index in [1.54, 1.807) is 0 Å². The Morgan fingerprint density at radius 2 is 1.26 bits per heavy atom. The summed E-state index contributed by atoms with van der Waals surface area (Å²) in [6.07, 6.45) is 4.36. The van der Waals surface area contributed by atoms with Crippen molar-refractivity contribution >= 4 is 11.8 Å².